The van der Waals surface area contributed by atoms with Crippen LogP contribution in [0.15, 0.2) is 58.2 Å². The molecule has 0 atom stereocenters. The molecular formula is C22H22BrN5OS. The Morgan fingerprint density at radius 3 is 2.70 bits per heavy atom. The zero-order valence-corrected chi connectivity index (χ0v) is 19.2. The smallest absolute Gasteiger partial charge is 0.234 e. The van der Waals surface area contributed by atoms with Crippen LogP contribution in [0, 0.1) is 6.92 Å². The molecule has 2 aromatic heterocycles. The normalized spacial score (nSPS) is 11.2. The van der Waals surface area contributed by atoms with E-state index in [0.717, 1.165) is 38.9 Å². The zero-order chi connectivity index (χ0) is 21.1. The van der Waals surface area contributed by atoms with Gasteiger partial charge >= 0.3 is 0 Å². The fourth-order valence-electron chi connectivity index (χ4n) is 3.46. The molecule has 1 amide bonds. The van der Waals surface area contributed by atoms with Crippen molar-refractivity contribution < 1.29 is 4.79 Å². The molecule has 0 saturated carbocycles. The lowest BCUT2D eigenvalue weighted by Crippen LogP contribution is -2.14. The number of anilines is 1. The van der Waals surface area contributed by atoms with E-state index in [-0.39, 0.29) is 11.7 Å². The number of hydrogen-bond donors (Lipinski definition) is 2. The molecule has 0 aliphatic rings. The van der Waals surface area contributed by atoms with Gasteiger partial charge in [-0.05, 0) is 49.7 Å². The van der Waals surface area contributed by atoms with Crippen molar-refractivity contribution in [1.29, 1.82) is 0 Å². The third kappa shape index (κ3) is 4.44. The van der Waals surface area contributed by atoms with E-state index >= 15 is 0 Å². The van der Waals surface area contributed by atoms with Gasteiger partial charge in [-0.1, -0.05) is 45.9 Å². The molecule has 8 heteroatoms. The standard InChI is InChI=1S/C22H22BrN5OS/c1-3-28-20(12-18-14(2)24-19-7-5-4-6-17(18)19)26-27-22(28)30-13-21(29)25-16-10-8-15(23)9-11-16/h4-11,24H,3,12-13H2,1-2H3,(H,25,29). The fraction of sp³-hybridized carbons (Fsp3) is 0.227. The number of H-pyrrole nitrogens is 1. The topological polar surface area (TPSA) is 75.6 Å². The molecular weight excluding hydrogens is 462 g/mol. The van der Waals surface area contributed by atoms with Crippen LogP contribution < -0.4 is 5.32 Å². The van der Waals surface area contributed by atoms with Crippen molar-refractivity contribution in [2.45, 2.75) is 32.0 Å². The van der Waals surface area contributed by atoms with E-state index in [4.69, 9.17) is 0 Å². The molecule has 0 aliphatic carbocycles. The summed E-state index contributed by atoms with van der Waals surface area (Å²) >= 11 is 4.80. The van der Waals surface area contributed by atoms with Crippen LogP contribution in [0.3, 0.4) is 0 Å². The van der Waals surface area contributed by atoms with E-state index in [1.807, 2.05) is 30.3 Å². The van der Waals surface area contributed by atoms with E-state index in [1.54, 1.807) is 0 Å². The summed E-state index contributed by atoms with van der Waals surface area (Å²) in [6.45, 7) is 4.91. The van der Waals surface area contributed by atoms with Crippen molar-refractivity contribution in [1.82, 2.24) is 19.7 Å². The lowest BCUT2D eigenvalue weighted by molar-refractivity contribution is -0.113. The van der Waals surface area contributed by atoms with Crippen molar-refractivity contribution >= 4 is 50.2 Å². The summed E-state index contributed by atoms with van der Waals surface area (Å²) in [7, 11) is 0. The molecule has 0 aliphatic heterocycles. The maximum Gasteiger partial charge on any atom is 0.234 e. The molecule has 30 heavy (non-hydrogen) atoms. The molecule has 6 nitrogen and oxygen atoms in total. The number of aromatic nitrogens is 4. The van der Waals surface area contributed by atoms with Crippen molar-refractivity contribution in [3.63, 3.8) is 0 Å². The highest BCUT2D eigenvalue weighted by Gasteiger charge is 2.16. The predicted octanol–water partition coefficient (Wildman–Crippen LogP) is 5.17. The van der Waals surface area contributed by atoms with Gasteiger partial charge in [0.05, 0.1) is 5.75 Å². The summed E-state index contributed by atoms with van der Waals surface area (Å²) in [5.41, 5.74) is 4.28. The third-order valence-corrected chi connectivity index (χ3v) is 6.43. The van der Waals surface area contributed by atoms with Crippen LogP contribution in [0.4, 0.5) is 5.69 Å². The number of benzene rings is 2. The second kappa shape index (κ2) is 9.06. The minimum atomic E-state index is -0.0676. The Balaban J connectivity index is 1.46. The first-order valence-corrected chi connectivity index (χ1v) is 11.5. The third-order valence-electron chi connectivity index (χ3n) is 4.93. The van der Waals surface area contributed by atoms with Crippen LogP contribution in [0.1, 0.15) is 24.0 Å². The van der Waals surface area contributed by atoms with E-state index in [2.05, 4.69) is 73.0 Å². The average molecular weight is 484 g/mol. The number of carbonyl (C=O) groups excluding carboxylic acids is 1. The molecule has 0 spiro atoms. The van der Waals surface area contributed by atoms with Crippen LogP contribution in [0.25, 0.3) is 10.9 Å². The number of thioether (sulfide) groups is 1. The molecule has 4 aromatic rings. The summed E-state index contributed by atoms with van der Waals surface area (Å²) in [6, 6.07) is 15.8. The van der Waals surface area contributed by atoms with Gasteiger partial charge in [0.25, 0.3) is 0 Å². The van der Waals surface area contributed by atoms with Crippen LogP contribution >= 0.6 is 27.7 Å². The highest BCUT2D eigenvalue weighted by molar-refractivity contribution is 9.10. The maximum absolute atomic E-state index is 12.3. The number of halogens is 1. The van der Waals surface area contributed by atoms with Crippen molar-refractivity contribution in [3.8, 4) is 0 Å². The fourth-order valence-corrected chi connectivity index (χ4v) is 4.54. The molecule has 0 unspecified atom stereocenters. The highest BCUT2D eigenvalue weighted by atomic mass is 79.9. The number of carbonyl (C=O) groups is 1. The van der Waals surface area contributed by atoms with E-state index in [1.165, 1.54) is 22.7 Å². The quantitative estimate of drug-likeness (QED) is 0.355. The van der Waals surface area contributed by atoms with Gasteiger partial charge in [0, 0.05) is 39.7 Å². The summed E-state index contributed by atoms with van der Waals surface area (Å²) in [5, 5.41) is 13.6. The molecule has 0 saturated heterocycles. The van der Waals surface area contributed by atoms with Gasteiger partial charge < -0.3 is 14.9 Å². The first-order valence-electron chi connectivity index (χ1n) is 9.71. The lowest BCUT2D eigenvalue weighted by Gasteiger charge is -2.08. The number of amides is 1. The molecule has 2 heterocycles. The maximum atomic E-state index is 12.3. The number of rotatable bonds is 7. The summed E-state index contributed by atoms with van der Waals surface area (Å²) in [5.74, 6) is 1.11. The Labute approximate surface area is 187 Å². The van der Waals surface area contributed by atoms with E-state index in [9.17, 15) is 4.79 Å². The van der Waals surface area contributed by atoms with Gasteiger partial charge in [0.15, 0.2) is 5.16 Å². The van der Waals surface area contributed by atoms with Crippen LogP contribution in [0.5, 0.6) is 0 Å². The van der Waals surface area contributed by atoms with Crippen molar-refractivity contribution in [2.75, 3.05) is 11.1 Å². The van der Waals surface area contributed by atoms with Gasteiger partial charge in [-0.2, -0.15) is 0 Å². The van der Waals surface area contributed by atoms with Crippen molar-refractivity contribution in [2.24, 2.45) is 0 Å². The number of aryl methyl sites for hydroxylation is 1. The number of nitrogens with one attached hydrogen (secondary N) is 2. The molecule has 154 valence electrons. The molecule has 0 bridgehead atoms. The molecule has 2 N–H and O–H groups in total. The summed E-state index contributed by atoms with van der Waals surface area (Å²) in [6.07, 6.45) is 0.697. The van der Waals surface area contributed by atoms with Gasteiger partial charge in [-0.15, -0.1) is 10.2 Å². The predicted molar refractivity (Wildman–Crippen MR) is 125 cm³/mol. The number of hydrogen-bond acceptors (Lipinski definition) is 4. The second-order valence-corrected chi connectivity index (χ2v) is 8.80. The Hall–Kier alpha value is -2.58. The van der Waals surface area contributed by atoms with Crippen molar-refractivity contribution in [3.05, 3.63) is 70.1 Å². The van der Waals surface area contributed by atoms with Gasteiger partial charge in [0.2, 0.25) is 5.91 Å². The first-order chi connectivity index (χ1) is 14.5. The largest absolute Gasteiger partial charge is 0.358 e. The first kappa shape index (κ1) is 20.7. The number of fused-ring (bicyclic) bond motifs is 1. The SMILES string of the molecule is CCn1c(Cc2c(C)[nH]c3ccccc23)nnc1SCC(=O)Nc1ccc(Br)cc1. The molecule has 2 aromatic carbocycles. The Morgan fingerprint density at radius 1 is 1.17 bits per heavy atom. The van der Waals surface area contributed by atoms with Gasteiger partial charge in [-0.25, -0.2) is 0 Å². The second-order valence-electron chi connectivity index (χ2n) is 6.94. The molecule has 0 radical (unpaired) electrons. The Morgan fingerprint density at radius 2 is 1.93 bits per heavy atom. The Kier molecular flexibility index (Phi) is 6.24. The van der Waals surface area contributed by atoms with Crippen LogP contribution in [-0.2, 0) is 17.8 Å². The van der Waals surface area contributed by atoms with Crippen LogP contribution in [0.2, 0.25) is 0 Å². The number of nitrogens with zero attached hydrogens (tertiary/aromatic N) is 3. The van der Waals surface area contributed by atoms with Gasteiger partial charge in [-0.3, -0.25) is 4.79 Å². The van der Waals surface area contributed by atoms with E-state index < -0.39 is 0 Å². The zero-order valence-electron chi connectivity index (χ0n) is 16.8. The monoisotopic (exact) mass is 483 g/mol. The number of para-hydroxylation sites is 1. The summed E-state index contributed by atoms with van der Waals surface area (Å²) in [4.78, 5) is 15.8. The number of aromatic amines is 1. The lowest BCUT2D eigenvalue weighted by atomic mass is 10.1. The van der Waals surface area contributed by atoms with E-state index in [0.29, 0.717) is 6.42 Å². The Bertz CT molecular complexity index is 1180. The highest BCUT2D eigenvalue weighted by Crippen LogP contribution is 2.26. The average Bonchev–Trinajstić information content (AvgIpc) is 3.28. The van der Waals surface area contributed by atoms with Crippen LogP contribution in [-0.4, -0.2) is 31.4 Å². The van der Waals surface area contributed by atoms with Gasteiger partial charge in [0.1, 0.15) is 5.82 Å². The molecule has 4 rings (SSSR count). The minimum Gasteiger partial charge on any atom is -0.358 e. The summed E-state index contributed by atoms with van der Waals surface area (Å²) < 4.78 is 3.06. The molecule has 0 fully saturated rings. The minimum absolute atomic E-state index is 0.0676.